The summed E-state index contributed by atoms with van der Waals surface area (Å²) in [6.07, 6.45) is 1.31. The Morgan fingerprint density at radius 3 is 2.52 bits per heavy atom. The minimum Gasteiger partial charge on any atom is -0.467 e. The smallest absolute Gasteiger partial charge is 0.328 e. The summed E-state index contributed by atoms with van der Waals surface area (Å²) in [5.41, 5.74) is 0. The number of hydrogen-bond donors (Lipinski definition) is 1. The van der Waals surface area contributed by atoms with Crippen LogP contribution in [-0.4, -0.2) is 59.3 Å². The van der Waals surface area contributed by atoms with Gasteiger partial charge in [-0.25, -0.2) is 4.79 Å². The predicted octanol–water partition coefficient (Wildman–Crippen LogP) is 0.571. The van der Waals surface area contributed by atoms with Crippen LogP contribution in [0.25, 0.3) is 0 Å². The number of nitrogens with one attached hydrogen (secondary N) is 1. The topological polar surface area (TPSA) is 92.8 Å². The number of amides is 2. The van der Waals surface area contributed by atoms with Crippen LogP contribution in [0.4, 0.5) is 0 Å². The van der Waals surface area contributed by atoms with Crippen molar-refractivity contribution in [2.45, 2.75) is 45.7 Å². The Morgan fingerprint density at radius 2 is 1.96 bits per heavy atom. The number of ether oxygens (including phenoxy) is 1. The van der Waals surface area contributed by atoms with Gasteiger partial charge in [-0.2, -0.15) is 0 Å². The van der Waals surface area contributed by atoms with Crippen molar-refractivity contribution in [1.82, 2.24) is 10.2 Å². The van der Waals surface area contributed by atoms with E-state index in [4.69, 9.17) is 0 Å². The highest BCUT2D eigenvalue weighted by Crippen LogP contribution is 2.22. The fourth-order valence-corrected chi connectivity index (χ4v) is 3.07. The molecule has 1 rings (SSSR count). The number of rotatable bonds is 6. The molecule has 0 aliphatic carbocycles. The molecule has 3 atom stereocenters. The predicted molar refractivity (Wildman–Crippen MR) is 86.7 cm³/mol. The molecule has 1 saturated heterocycles. The van der Waals surface area contributed by atoms with Crippen LogP contribution in [0.15, 0.2) is 0 Å². The maximum atomic E-state index is 12.5. The molecule has 0 spiro atoms. The van der Waals surface area contributed by atoms with Gasteiger partial charge in [-0.3, -0.25) is 14.4 Å². The lowest BCUT2D eigenvalue weighted by Gasteiger charge is -2.27. The van der Waals surface area contributed by atoms with Crippen LogP contribution in [0.1, 0.15) is 33.6 Å². The number of carbonyl (C=O) groups is 4. The molecule has 0 aromatic carbocycles. The molecule has 8 heteroatoms. The fraction of sp³-hybridized carbons (Fsp3) is 0.733. The van der Waals surface area contributed by atoms with E-state index in [1.807, 2.05) is 0 Å². The largest absolute Gasteiger partial charge is 0.467 e. The Morgan fingerprint density at radius 1 is 1.30 bits per heavy atom. The zero-order valence-electron chi connectivity index (χ0n) is 14.0. The summed E-state index contributed by atoms with van der Waals surface area (Å²) in [6.45, 7) is 5.26. The molecule has 1 heterocycles. The highest BCUT2D eigenvalue weighted by Gasteiger charge is 2.36. The highest BCUT2D eigenvalue weighted by molar-refractivity contribution is 8.13. The standard InChI is InChI=1S/C15H24N2O5S/c1-9(8-23-11(3)18)14(20)17-7-5-6-12(17)13(19)16-10(2)15(21)22-4/h9-10,12H,5-8H2,1-4H3,(H,16,19)/t9?,10-,12+/m1/s1. The third kappa shape index (κ3) is 5.53. The second-order valence-corrected chi connectivity index (χ2v) is 6.84. The Labute approximate surface area is 140 Å². The molecule has 23 heavy (non-hydrogen) atoms. The fourth-order valence-electron chi connectivity index (χ4n) is 2.45. The number of hydrogen-bond acceptors (Lipinski definition) is 6. The zero-order chi connectivity index (χ0) is 17.6. The van der Waals surface area contributed by atoms with E-state index in [0.717, 1.165) is 18.2 Å². The van der Waals surface area contributed by atoms with Gasteiger partial charge in [0.2, 0.25) is 11.8 Å². The van der Waals surface area contributed by atoms with Gasteiger partial charge in [-0.05, 0) is 19.8 Å². The Hall–Kier alpha value is -1.57. The molecule has 1 aliphatic rings. The average Bonchev–Trinajstić information content (AvgIpc) is 3.00. The summed E-state index contributed by atoms with van der Waals surface area (Å²) in [4.78, 5) is 48.7. The molecule has 1 aliphatic heterocycles. The van der Waals surface area contributed by atoms with Crippen molar-refractivity contribution in [3.8, 4) is 0 Å². The van der Waals surface area contributed by atoms with Crippen molar-refractivity contribution >= 4 is 34.7 Å². The second-order valence-electron chi connectivity index (χ2n) is 5.65. The first-order valence-electron chi connectivity index (χ1n) is 7.60. The molecule has 0 bridgehead atoms. The summed E-state index contributed by atoms with van der Waals surface area (Å²) in [5.74, 6) is -0.949. The summed E-state index contributed by atoms with van der Waals surface area (Å²) < 4.78 is 4.57. The van der Waals surface area contributed by atoms with E-state index < -0.39 is 18.1 Å². The molecule has 1 N–H and O–H groups in total. The van der Waals surface area contributed by atoms with E-state index in [2.05, 4.69) is 10.1 Å². The quantitative estimate of drug-likeness (QED) is 0.708. The van der Waals surface area contributed by atoms with Gasteiger partial charge in [0.25, 0.3) is 0 Å². The Bertz CT molecular complexity index is 482. The molecule has 0 aromatic heterocycles. The first-order valence-corrected chi connectivity index (χ1v) is 8.58. The number of nitrogens with zero attached hydrogens (tertiary/aromatic N) is 1. The van der Waals surface area contributed by atoms with Gasteiger partial charge in [-0.1, -0.05) is 18.7 Å². The van der Waals surface area contributed by atoms with E-state index in [0.29, 0.717) is 18.7 Å². The molecule has 0 saturated carbocycles. The Balaban J connectivity index is 2.65. The number of likely N-dealkylation sites (tertiary alicyclic amines) is 1. The van der Waals surface area contributed by atoms with E-state index in [9.17, 15) is 19.2 Å². The molecule has 1 unspecified atom stereocenters. The van der Waals surface area contributed by atoms with Crippen LogP contribution in [0.2, 0.25) is 0 Å². The number of methoxy groups -OCH3 is 1. The van der Waals surface area contributed by atoms with Crippen LogP contribution in [0.3, 0.4) is 0 Å². The third-order valence-electron chi connectivity index (χ3n) is 3.71. The van der Waals surface area contributed by atoms with E-state index in [1.54, 1.807) is 11.8 Å². The van der Waals surface area contributed by atoms with Crippen LogP contribution in [-0.2, 0) is 23.9 Å². The lowest BCUT2D eigenvalue weighted by molar-refractivity contribution is -0.146. The van der Waals surface area contributed by atoms with Crippen molar-refractivity contribution in [3.63, 3.8) is 0 Å². The molecule has 130 valence electrons. The lowest BCUT2D eigenvalue weighted by Crippen LogP contribution is -2.51. The van der Waals surface area contributed by atoms with Gasteiger partial charge in [0.15, 0.2) is 5.12 Å². The average molecular weight is 344 g/mol. The maximum absolute atomic E-state index is 12.5. The van der Waals surface area contributed by atoms with Gasteiger partial charge in [0.1, 0.15) is 12.1 Å². The summed E-state index contributed by atoms with van der Waals surface area (Å²) in [6, 6.07) is -1.32. The molecule has 0 radical (unpaired) electrons. The summed E-state index contributed by atoms with van der Waals surface area (Å²) in [7, 11) is 1.25. The molecular formula is C15H24N2O5S. The van der Waals surface area contributed by atoms with Crippen molar-refractivity contribution in [3.05, 3.63) is 0 Å². The minimum absolute atomic E-state index is 0.0349. The normalized spacial score (nSPS) is 19.8. The van der Waals surface area contributed by atoms with Crippen LogP contribution in [0.5, 0.6) is 0 Å². The van der Waals surface area contributed by atoms with Crippen molar-refractivity contribution in [2.24, 2.45) is 5.92 Å². The lowest BCUT2D eigenvalue weighted by atomic mass is 10.1. The van der Waals surface area contributed by atoms with Crippen LogP contribution >= 0.6 is 11.8 Å². The number of thioether (sulfide) groups is 1. The number of carbonyl (C=O) groups excluding carboxylic acids is 4. The molecular weight excluding hydrogens is 320 g/mol. The van der Waals surface area contributed by atoms with Gasteiger partial charge >= 0.3 is 5.97 Å². The minimum atomic E-state index is -0.754. The van der Waals surface area contributed by atoms with E-state index >= 15 is 0 Å². The van der Waals surface area contributed by atoms with E-state index in [1.165, 1.54) is 21.0 Å². The van der Waals surface area contributed by atoms with Crippen molar-refractivity contribution in [2.75, 3.05) is 19.4 Å². The third-order valence-corrected chi connectivity index (χ3v) is 4.78. The van der Waals surface area contributed by atoms with E-state index in [-0.39, 0.29) is 22.8 Å². The SMILES string of the molecule is COC(=O)[C@@H](C)NC(=O)[C@@H]1CCCN1C(=O)C(C)CSC(C)=O. The van der Waals surface area contributed by atoms with Crippen LogP contribution < -0.4 is 5.32 Å². The van der Waals surface area contributed by atoms with Crippen molar-refractivity contribution < 1.29 is 23.9 Å². The molecule has 7 nitrogen and oxygen atoms in total. The molecule has 1 fully saturated rings. The van der Waals surface area contributed by atoms with Gasteiger partial charge in [0.05, 0.1) is 7.11 Å². The monoisotopic (exact) mass is 344 g/mol. The molecule has 0 aromatic rings. The first kappa shape index (κ1) is 19.5. The Kier molecular flexibility index (Phi) is 7.54. The van der Waals surface area contributed by atoms with Gasteiger partial charge in [0, 0.05) is 25.1 Å². The first-order chi connectivity index (χ1) is 10.8. The van der Waals surface area contributed by atoms with Crippen LogP contribution in [0, 0.1) is 5.92 Å². The second kappa shape index (κ2) is 8.90. The summed E-state index contributed by atoms with van der Waals surface area (Å²) in [5, 5.41) is 2.54. The van der Waals surface area contributed by atoms with Crippen molar-refractivity contribution in [1.29, 1.82) is 0 Å². The summed E-state index contributed by atoms with van der Waals surface area (Å²) >= 11 is 1.11. The highest BCUT2D eigenvalue weighted by atomic mass is 32.2. The number of esters is 1. The van der Waals surface area contributed by atoms with Gasteiger partial charge in [-0.15, -0.1) is 0 Å². The van der Waals surface area contributed by atoms with Gasteiger partial charge < -0.3 is 15.0 Å². The zero-order valence-corrected chi connectivity index (χ0v) is 14.8. The molecule has 2 amide bonds. The maximum Gasteiger partial charge on any atom is 0.328 e.